The second kappa shape index (κ2) is 8.27. The van der Waals surface area contributed by atoms with E-state index < -0.39 is 23.1 Å². The van der Waals surface area contributed by atoms with Crippen LogP contribution in [0.1, 0.15) is 48.7 Å². The van der Waals surface area contributed by atoms with Crippen molar-refractivity contribution in [2.75, 3.05) is 20.2 Å². The summed E-state index contributed by atoms with van der Waals surface area (Å²) in [4.78, 5) is 15.4. The van der Waals surface area contributed by atoms with E-state index in [1.807, 2.05) is 30.3 Å². The highest BCUT2D eigenvalue weighted by molar-refractivity contribution is 5.97. The first kappa shape index (κ1) is 20.3. The number of likely N-dealkylation sites (tertiary alicyclic amines) is 1. The van der Waals surface area contributed by atoms with Crippen molar-refractivity contribution < 1.29 is 18.3 Å². The fraction of sp³-hybridized carbons (Fsp3) is 0.409. The molecule has 150 valence electrons. The van der Waals surface area contributed by atoms with E-state index in [-0.39, 0.29) is 17.4 Å². The van der Waals surface area contributed by atoms with Gasteiger partial charge in [0.05, 0.1) is 13.2 Å². The molecule has 1 aliphatic rings. The second-order valence-electron chi connectivity index (χ2n) is 7.63. The van der Waals surface area contributed by atoms with E-state index in [2.05, 4.69) is 24.1 Å². The average Bonchev–Trinajstić information content (AvgIpc) is 3.21. The highest BCUT2D eigenvalue weighted by Crippen LogP contribution is 2.34. The van der Waals surface area contributed by atoms with Crippen LogP contribution in [0.4, 0.5) is 8.78 Å². The van der Waals surface area contributed by atoms with Gasteiger partial charge < -0.3 is 10.1 Å². The molecule has 1 N–H and O–H groups in total. The number of hydrogen-bond acceptors (Lipinski definition) is 3. The van der Waals surface area contributed by atoms with Crippen molar-refractivity contribution in [1.82, 2.24) is 10.2 Å². The van der Waals surface area contributed by atoms with Crippen LogP contribution >= 0.6 is 0 Å². The van der Waals surface area contributed by atoms with Gasteiger partial charge in [-0.3, -0.25) is 9.69 Å². The molecule has 0 radical (unpaired) electrons. The van der Waals surface area contributed by atoms with Crippen molar-refractivity contribution in [2.24, 2.45) is 0 Å². The average molecular weight is 388 g/mol. The molecule has 1 amide bonds. The van der Waals surface area contributed by atoms with Crippen molar-refractivity contribution in [3.8, 4) is 5.75 Å². The van der Waals surface area contributed by atoms with Crippen LogP contribution in [0.3, 0.4) is 0 Å². The van der Waals surface area contributed by atoms with Crippen LogP contribution in [-0.4, -0.2) is 36.5 Å². The molecule has 0 aromatic heterocycles. The first-order valence-corrected chi connectivity index (χ1v) is 9.48. The molecule has 3 rings (SSSR count). The lowest BCUT2D eigenvalue weighted by Gasteiger charge is -2.42. The van der Waals surface area contributed by atoms with E-state index in [9.17, 15) is 13.6 Å². The Kier molecular flexibility index (Phi) is 5.98. The molecule has 28 heavy (non-hydrogen) atoms. The van der Waals surface area contributed by atoms with Crippen LogP contribution in [0.15, 0.2) is 42.5 Å². The monoisotopic (exact) mass is 388 g/mol. The van der Waals surface area contributed by atoms with E-state index in [4.69, 9.17) is 4.74 Å². The van der Waals surface area contributed by atoms with Crippen LogP contribution in [0.5, 0.6) is 5.75 Å². The SMILES string of the molecule is COc1cc(F)cc(F)c1C(=O)NC(c1ccccc1)C(C)(C)N1CCCC1. The lowest BCUT2D eigenvalue weighted by molar-refractivity contribution is 0.0772. The van der Waals surface area contributed by atoms with Gasteiger partial charge in [0.2, 0.25) is 0 Å². The van der Waals surface area contributed by atoms with Gasteiger partial charge in [-0.25, -0.2) is 8.78 Å². The van der Waals surface area contributed by atoms with Crippen molar-refractivity contribution in [1.29, 1.82) is 0 Å². The third-order valence-corrected chi connectivity index (χ3v) is 5.50. The molecule has 0 aliphatic carbocycles. The van der Waals surface area contributed by atoms with Crippen molar-refractivity contribution in [3.05, 3.63) is 65.2 Å². The van der Waals surface area contributed by atoms with E-state index in [0.717, 1.165) is 37.6 Å². The summed E-state index contributed by atoms with van der Waals surface area (Å²) in [6, 6.07) is 11.0. The molecule has 4 nitrogen and oxygen atoms in total. The Morgan fingerprint density at radius 2 is 1.79 bits per heavy atom. The summed E-state index contributed by atoms with van der Waals surface area (Å²) in [7, 11) is 1.29. The van der Waals surface area contributed by atoms with E-state index >= 15 is 0 Å². The predicted octanol–water partition coefficient (Wildman–Crippen LogP) is 4.32. The Labute approximate surface area is 164 Å². The van der Waals surface area contributed by atoms with Gasteiger partial charge in [-0.1, -0.05) is 30.3 Å². The van der Waals surface area contributed by atoms with Crippen LogP contribution in [0.2, 0.25) is 0 Å². The standard InChI is InChI=1S/C22H26F2N2O2/c1-22(2,26-11-7-8-12-26)20(15-9-5-4-6-10-15)25-21(27)19-17(24)13-16(23)14-18(19)28-3/h4-6,9-10,13-14,20H,7-8,11-12H2,1-3H3,(H,25,27). The third-order valence-electron chi connectivity index (χ3n) is 5.50. The number of carbonyl (C=O) groups is 1. The van der Waals surface area contributed by atoms with Crippen LogP contribution in [0, 0.1) is 11.6 Å². The van der Waals surface area contributed by atoms with Gasteiger partial charge in [0.15, 0.2) is 0 Å². The summed E-state index contributed by atoms with van der Waals surface area (Å²) in [6.07, 6.45) is 2.22. The minimum absolute atomic E-state index is 0.124. The zero-order valence-electron chi connectivity index (χ0n) is 16.5. The molecular weight excluding hydrogens is 362 g/mol. The minimum Gasteiger partial charge on any atom is -0.496 e. The number of nitrogens with zero attached hydrogens (tertiary/aromatic N) is 1. The van der Waals surface area contributed by atoms with E-state index in [0.29, 0.717) is 6.07 Å². The first-order chi connectivity index (χ1) is 13.3. The van der Waals surface area contributed by atoms with Crippen molar-refractivity contribution >= 4 is 5.91 Å². The maximum atomic E-state index is 14.4. The molecule has 1 unspecified atom stereocenters. The summed E-state index contributed by atoms with van der Waals surface area (Å²) in [6.45, 7) is 6.05. The highest BCUT2D eigenvalue weighted by Gasteiger charge is 2.39. The number of ether oxygens (including phenoxy) is 1. The number of nitrogens with one attached hydrogen (secondary N) is 1. The Morgan fingerprint density at radius 1 is 1.14 bits per heavy atom. The van der Waals surface area contributed by atoms with Crippen LogP contribution < -0.4 is 10.1 Å². The number of halogens is 2. The molecule has 2 aromatic rings. The fourth-order valence-corrected chi connectivity index (χ4v) is 3.92. The smallest absolute Gasteiger partial charge is 0.258 e. The molecule has 0 saturated carbocycles. The number of carbonyl (C=O) groups excluding carboxylic acids is 1. The minimum atomic E-state index is -0.944. The van der Waals surface area contributed by atoms with Crippen molar-refractivity contribution in [2.45, 2.75) is 38.3 Å². The van der Waals surface area contributed by atoms with Crippen molar-refractivity contribution in [3.63, 3.8) is 0 Å². The quantitative estimate of drug-likeness (QED) is 0.801. The maximum absolute atomic E-state index is 14.4. The lowest BCUT2D eigenvalue weighted by atomic mass is 9.86. The second-order valence-corrected chi connectivity index (χ2v) is 7.63. The maximum Gasteiger partial charge on any atom is 0.258 e. The molecule has 0 spiro atoms. The summed E-state index contributed by atoms with van der Waals surface area (Å²) in [5, 5.41) is 2.98. The summed E-state index contributed by atoms with van der Waals surface area (Å²) in [5.74, 6) is -2.49. The molecule has 2 aromatic carbocycles. The van der Waals surface area contributed by atoms with E-state index in [1.165, 1.54) is 7.11 Å². The fourth-order valence-electron chi connectivity index (χ4n) is 3.92. The zero-order valence-corrected chi connectivity index (χ0v) is 16.5. The van der Waals surface area contributed by atoms with Gasteiger partial charge in [-0.15, -0.1) is 0 Å². The Bertz CT molecular complexity index is 834. The van der Waals surface area contributed by atoms with Gasteiger partial charge in [-0.2, -0.15) is 0 Å². The molecule has 0 bridgehead atoms. The van der Waals surface area contributed by atoms with Gasteiger partial charge in [-0.05, 0) is 45.3 Å². The topological polar surface area (TPSA) is 41.6 Å². The van der Waals surface area contributed by atoms with Gasteiger partial charge in [0.25, 0.3) is 5.91 Å². The van der Waals surface area contributed by atoms with Crippen LogP contribution in [0.25, 0.3) is 0 Å². The molecule has 1 atom stereocenters. The third kappa shape index (κ3) is 4.02. The first-order valence-electron chi connectivity index (χ1n) is 9.48. The zero-order chi connectivity index (χ0) is 20.3. The molecule has 1 aliphatic heterocycles. The normalized spacial score (nSPS) is 16.0. The highest BCUT2D eigenvalue weighted by atomic mass is 19.1. The van der Waals surface area contributed by atoms with Gasteiger partial charge >= 0.3 is 0 Å². The van der Waals surface area contributed by atoms with Crippen LogP contribution in [-0.2, 0) is 0 Å². The van der Waals surface area contributed by atoms with Gasteiger partial charge in [0, 0.05) is 17.7 Å². The number of methoxy groups -OCH3 is 1. The van der Waals surface area contributed by atoms with Gasteiger partial charge in [0.1, 0.15) is 22.9 Å². The molecule has 1 saturated heterocycles. The Hall–Kier alpha value is -2.47. The number of amides is 1. The molecule has 1 fully saturated rings. The Balaban J connectivity index is 1.98. The molecule has 6 heteroatoms. The number of rotatable bonds is 6. The molecular formula is C22H26F2N2O2. The Morgan fingerprint density at radius 3 is 2.39 bits per heavy atom. The predicted molar refractivity (Wildman–Crippen MR) is 104 cm³/mol. The summed E-state index contributed by atoms with van der Waals surface area (Å²) in [5.41, 5.74) is 0.244. The summed E-state index contributed by atoms with van der Waals surface area (Å²) < 4.78 is 33.0. The number of benzene rings is 2. The lowest BCUT2D eigenvalue weighted by Crippen LogP contribution is -2.52. The van der Waals surface area contributed by atoms with E-state index in [1.54, 1.807) is 0 Å². The largest absolute Gasteiger partial charge is 0.496 e. The molecule has 1 heterocycles. The summed E-state index contributed by atoms with van der Waals surface area (Å²) >= 11 is 0. The number of hydrogen-bond donors (Lipinski definition) is 1.